The maximum Gasteiger partial charge on any atom is 0.244 e. The summed E-state index contributed by atoms with van der Waals surface area (Å²) >= 11 is 11.9. The lowest BCUT2D eigenvalue weighted by molar-refractivity contribution is -0.116. The second-order valence-electron chi connectivity index (χ2n) is 6.25. The number of nitrogens with one attached hydrogen (secondary N) is 1. The Labute approximate surface area is 152 Å². The molecule has 0 radical (unpaired) electrons. The first kappa shape index (κ1) is 18.8. The van der Waals surface area contributed by atoms with E-state index in [1.807, 2.05) is 6.92 Å². The minimum atomic E-state index is -1.40. The molecule has 0 heterocycles. The molecule has 0 aromatic heterocycles. The van der Waals surface area contributed by atoms with Gasteiger partial charge in [0.1, 0.15) is 5.67 Å². The number of hydrogen-bond acceptors (Lipinski definition) is 1. The van der Waals surface area contributed by atoms with Crippen LogP contribution in [0.1, 0.15) is 31.7 Å². The number of hydrogen-bond donors (Lipinski definition) is 1. The molecule has 1 saturated carbocycles. The first-order valence-electron chi connectivity index (χ1n) is 7.65. The van der Waals surface area contributed by atoms with Crippen LogP contribution < -0.4 is 5.32 Å². The van der Waals surface area contributed by atoms with Gasteiger partial charge in [-0.3, -0.25) is 4.79 Å². The Morgan fingerprint density at radius 3 is 2.75 bits per heavy atom. The minimum absolute atomic E-state index is 0.218. The number of carbonyl (C=O) groups excluding carboxylic acids is 1. The third-order valence-corrected chi connectivity index (χ3v) is 4.57. The van der Waals surface area contributed by atoms with Gasteiger partial charge in [0.25, 0.3) is 0 Å². The van der Waals surface area contributed by atoms with Crippen LogP contribution >= 0.6 is 23.2 Å². The molecule has 0 bridgehead atoms. The van der Waals surface area contributed by atoms with Gasteiger partial charge in [0.2, 0.25) is 5.91 Å². The molecule has 1 aromatic rings. The summed E-state index contributed by atoms with van der Waals surface area (Å²) in [6.45, 7) is 7.74. The molecule has 1 aliphatic rings. The van der Waals surface area contributed by atoms with Crippen molar-refractivity contribution in [3.63, 3.8) is 0 Å². The van der Waals surface area contributed by atoms with Crippen molar-refractivity contribution < 1.29 is 9.18 Å². The molecule has 1 aliphatic carbocycles. The molecule has 1 unspecified atom stereocenters. The van der Waals surface area contributed by atoms with Gasteiger partial charge in [0.05, 0.1) is 10.0 Å². The van der Waals surface area contributed by atoms with Crippen molar-refractivity contribution in [1.29, 1.82) is 0 Å². The standard InChI is InChI=1S/C19H20Cl2FNO/c1-12(2)11-23-18(24)8-13(3)6-7-19(22)10-15(19)14-4-5-16(20)17(21)9-14/h4-9,15H,1,10-11H2,2-3H3,(H,23,24)/t15?,19-/m0/s1. The largest absolute Gasteiger partial charge is 0.349 e. The van der Waals surface area contributed by atoms with Gasteiger partial charge >= 0.3 is 0 Å². The molecular weight excluding hydrogens is 348 g/mol. The number of benzene rings is 1. The van der Waals surface area contributed by atoms with Crippen molar-refractivity contribution in [2.45, 2.75) is 31.9 Å². The molecule has 128 valence electrons. The maximum absolute atomic E-state index is 14.7. The van der Waals surface area contributed by atoms with Gasteiger partial charge < -0.3 is 5.32 Å². The van der Waals surface area contributed by atoms with Gasteiger partial charge in [-0.2, -0.15) is 0 Å². The summed E-state index contributed by atoms with van der Waals surface area (Å²) in [5.74, 6) is -0.446. The van der Waals surface area contributed by atoms with Crippen LogP contribution in [0.2, 0.25) is 10.0 Å². The van der Waals surface area contributed by atoms with E-state index in [9.17, 15) is 9.18 Å². The molecular formula is C19H20Cl2FNO. The molecule has 0 spiro atoms. The predicted octanol–water partition coefficient (Wildman–Crippen LogP) is 5.38. The summed E-state index contributed by atoms with van der Waals surface area (Å²) in [7, 11) is 0. The third kappa shape index (κ3) is 4.96. The van der Waals surface area contributed by atoms with E-state index in [1.165, 1.54) is 12.2 Å². The summed E-state index contributed by atoms with van der Waals surface area (Å²) < 4.78 is 14.7. The Balaban J connectivity index is 1.97. The topological polar surface area (TPSA) is 29.1 Å². The molecule has 1 fully saturated rings. The van der Waals surface area contributed by atoms with Gasteiger partial charge in [-0.25, -0.2) is 4.39 Å². The SMILES string of the molecule is C=C(C)CNC(=O)C=C(C)C=C[C@]1(F)CC1c1ccc(Cl)c(Cl)c1. The summed E-state index contributed by atoms with van der Waals surface area (Å²) in [6, 6.07) is 5.18. The van der Waals surface area contributed by atoms with Crippen molar-refractivity contribution >= 4 is 29.1 Å². The van der Waals surface area contributed by atoms with Gasteiger partial charge in [-0.1, -0.05) is 47.5 Å². The Bertz CT molecular complexity index is 726. The lowest BCUT2D eigenvalue weighted by atomic mass is 10.1. The average molecular weight is 368 g/mol. The fourth-order valence-corrected chi connectivity index (χ4v) is 2.68. The van der Waals surface area contributed by atoms with Crippen LogP contribution in [-0.4, -0.2) is 18.1 Å². The number of carbonyl (C=O) groups is 1. The summed E-state index contributed by atoms with van der Waals surface area (Å²) in [5.41, 5.74) is 0.985. The number of allylic oxidation sites excluding steroid dienone is 3. The van der Waals surface area contributed by atoms with E-state index < -0.39 is 5.67 Å². The first-order chi connectivity index (χ1) is 11.2. The van der Waals surface area contributed by atoms with Crippen molar-refractivity contribution in [3.05, 3.63) is 69.8 Å². The van der Waals surface area contributed by atoms with Crippen LogP contribution in [-0.2, 0) is 4.79 Å². The van der Waals surface area contributed by atoms with E-state index in [2.05, 4.69) is 11.9 Å². The molecule has 1 N–H and O–H groups in total. The van der Waals surface area contributed by atoms with E-state index in [0.717, 1.165) is 11.1 Å². The average Bonchev–Trinajstić information content (AvgIpc) is 3.18. The number of alkyl halides is 1. The summed E-state index contributed by atoms with van der Waals surface area (Å²) in [6.07, 6.45) is 4.99. The molecule has 2 atom stereocenters. The monoisotopic (exact) mass is 367 g/mol. The van der Waals surface area contributed by atoms with Gasteiger partial charge in [-0.15, -0.1) is 0 Å². The van der Waals surface area contributed by atoms with E-state index in [4.69, 9.17) is 23.2 Å². The number of amides is 1. The zero-order valence-corrected chi connectivity index (χ0v) is 15.2. The maximum atomic E-state index is 14.7. The summed E-state index contributed by atoms with van der Waals surface area (Å²) in [4.78, 5) is 11.7. The number of rotatable bonds is 6. The van der Waals surface area contributed by atoms with Crippen molar-refractivity contribution in [2.75, 3.05) is 6.54 Å². The fourth-order valence-electron chi connectivity index (χ4n) is 2.38. The first-order valence-corrected chi connectivity index (χ1v) is 8.40. The zero-order chi connectivity index (χ0) is 17.9. The van der Waals surface area contributed by atoms with Crippen LogP contribution in [0.5, 0.6) is 0 Å². The molecule has 1 aromatic carbocycles. The van der Waals surface area contributed by atoms with E-state index >= 15 is 0 Å². The molecule has 1 amide bonds. The molecule has 2 rings (SSSR count). The molecule has 24 heavy (non-hydrogen) atoms. The van der Waals surface area contributed by atoms with Crippen molar-refractivity contribution in [2.24, 2.45) is 0 Å². The van der Waals surface area contributed by atoms with Crippen LogP contribution in [0.15, 0.2) is 54.2 Å². The Morgan fingerprint density at radius 1 is 1.42 bits per heavy atom. The molecule has 0 saturated heterocycles. The van der Waals surface area contributed by atoms with Gasteiger partial charge in [0.15, 0.2) is 0 Å². The normalized spacial score (nSPS) is 23.4. The lowest BCUT2D eigenvalue weighted by Crippen LogP contribution is -2.22. The highest BCUT2D eigenvalue weighted by atomic mass is 35.5. The van der Waals surface area contributed by atoms with Crippen molar-refractivity contribution in [1.82, 2.24) is 5.32 Å². The highest BCUT2D eigenvalue weighted by Gasteiger charge is 2.54. The smallest absolute Gasteiger partial charge is 0.244 e. The van der Waals surface area contributed by atoms with Gasteiger partial charge in [-0.05, 0) is 49.6 Å². The van der Waals surface area contributed by atoms with E-state index in [0.29, 0.717) is 28.6 Å². The Morgan fingerprint density at radius 2 is 2.12 bits per heavy atom. The fraction of sp³-hybridized carbons (Fsp3) is 0.316. The van der Waals surface area contributed by atoms with Gasteiger partial charge in [0, 0.05) is 18.5 Å². The van der Waals surface area contributed by atoms with Crippen molar-refractivity contribution in [3.8, 4) is 0 Å². The molecule has 5 heteroatoms. The van der Waals surface area contributed by atoms with E-state index in [-0.39, 0.29) is 11.8 Å². The Kier molecular flexibility index (Phi) is 5.89. The highest BCUT2D eigenvalue weighted by molar-refractivity contribution is 6.42. The minimum Gasteiger partial charge on any atom is -0.349 e. The quantitative estimate of drug-likeness (QED) is 0.408. The third-order valence-electron chi connectivity index (χ3n) is 3.83. The van der Waals surface area contributed by atoms with Crippen LogP contribution in [0.25, 0.3) is 0 Å². The molecule has 0 aliphatic heterocycles. The predicted molar refractivity (Wildman–Crippen MR) is 98.4 cm³/mol. The number of halogens is 3. The second kappa shape index (κ2) is 7.54. The second-order valence-corrected chi connectivity index (χ2v) is 7.07. The van der Waals surface area contributed by atoms with Crippen LogP contribution in [0.3, 0.4) is 0 Å². The van der Waals surface area contributed by atoms with E-state index in [1.54, 1.807) is 31.2 Å². The Hall–Kier alpha value is -1.58. The summed E-state index contributed by atoms with van der Waals surface area (Å²) in [5, 5.41) is 3.59. The highest BCUT2D eigenvalue weighted by Crippen LogP contribution is 2.56. The lowest BCUT2D eigenvalue weighted by Gasteiger charge is -2.05. The zero-order valence-electron chi connectivity index (χ0n) is 13.7. The van der Waals surface area contributed by atoms with Crippen LogP contribution in [0.4, 0.5) is 4.39 Å². The molecule has 2 nitrogen and oxygen atoms in total. The van der Waals surface area contributed by atoms with Crippen LogP contribution in [0, 0.1) is 0 Å².